The molecule has 0 amide bonds. The van der Waals surface area contributed by atoms with Gasteiger partial charge in [0.25, 0.3) is 0 Å². The maximum Gasteiger partial charge on any atom is 0.328 e. The molecule has 0 aliphatic carbocycles. The van der Waals surface area contributed by atoms with E-state index in [2.05, 4.69) is 32.9 Å². The molecule has 4 nitrogen and oxygen atoms in total. The molecule has 2 aromatic rings. The molecule has 0 saturated heterocycles. The van der Waals surface area contributed by atoms with Gasteiger partial charge >= 0.3 is 5.97 Å². The Bertz CT molecular complexity index is 724. The first-order chi connectivity index (χ1) is 11.8. The zero-order valence-corrected chi connectivity index (χ0v) is 14.9. The number of hydrogen-bond acceptors (Lipinski definition) is 3. The van der Waals surface area contributed by atoms with Crippen LogP contribution in [-0.4, -0.2) is 24.3 Å². The Morgan fingerprint density at radius 3 is 2.24 bits per heavy atom. The summed E-state index contributed by atoms with van der Waals surface area (Å²) in [7, 11) is 0. The van der Waals surface area contributed by atoms with Gasteiger partial charge in [-0.2, -0.15) is 0 Å². The van der Waals surface area contributed by atoms with Gasteiger partial charge in [-0.1, -0.05) is 45.0 Å². The minimum atomic E-state index is -0.975. The van der Waals surface area contributed by atoms with Crippen molar-refractivity contribution in [3.05, 3.63) is 65.7 Å². The number of ether oxygens (including phenoxy) is 2. The molecule has 4 heteroatoms. The van der Waals surface area contributed by atoms with Crippen LogP contribution >= 0.6 is 0 Å². The predicted octanol–water partition coefficient (Wildman–Crippen LogP) is 4.54. The van der Waals surface area contributed by atoms with Crippen LogP contribution in [0.4, 0.5) is 0 Å². The van der Waals surface area contributed by atoms with Crippen molar-refractivity contribution in [1.29, 1.82) is 0 Å². The van der Waals surface area contributed by atoms with Gasteiger partial charge in [0.15, 0.2) is 0 Å². The smallest absolute Gasteiger partial charge is 0.328 e. The van der Waals surface area contributed by atoms with E-state index >= 15 is 0 Å². The standard InChI is InChI=1S/C21H24O4/c1-21(2,3)17-8-10-18(11-9-17)24-13-14-25-19-6-4-5-16(15-19)7-12-20(22)23/h4-12,15H,13-14H2,1-3H3,(H,22,23). The number of aliphatic carboxylic acids is 1. The molecule has 2 rings (SSSR count). The fourth-order valence-corrected chi connectivity index (χ4v) is 2.25. The summed E-state index contributed by atoms with van der Waals surface area (Å²) in [6.07, 6.45) is 2.63. The lowest BCUT2D eigenvalue weighted by Crippen LogP contribution is -2.11. The fourth-order valence-electron chi connectivity index (χ4n) is 2.25. The van der Waals surface area contributed by atoms with Gasteiger partial charge in [-0.05, 0) is 46.9 Å². The molecule has 0 heterocycles. The first kappa shape index (κ1) is 18.6. The molecule has 0 spiro atoms. The average molecular weight is 340 g/mol. The van der Waals surface area contributed by atoms with Crippen LogP contribution in [0.2, 0.25) is 0 Å². The van der Waals surface area contributed by atoms with Crippen LogP contribution in [0.3, 0.4) is 0 Å². The molecule has 0 radical (unpaired) electrons. The van der Waals surface area contributed by atoms with E-state index < -0.39 is 5.97 Å². The van der Waals surface area contributed by atoms with Crippen molar-refractivity contribution in [3.8, 4) is 11.5 Å². The Kier molecular flexibility index (Phi) is 6.23. The molecule has 0 unspecified atom stereocenters. The molecule has 1 N–H and O–H groups in total. The van der Waals surface area contributed by atoms with E-state index in [4.69, 9.17) is 14.6 Å². The van der Waals surface area contributed by atoms with Gasteiger partial charge in [0, 0.05) is 6.08 Å². The molecule has 0 bridgehead atoms. The molecule has 132 valence electrons. The number of carboxylic acids is 1. The van der Waals surface area contributed by atoms with Crippen LogP contribution in [0.15, 0.2) is 54.6 Å². The predicted molar refractivity (Wildman–Crippen MR) is 99.2 cm³/mol. The van der Waals surface area contributed by atoms with Gasteiger partial charge in [-0.3, -0.25) is 0 Å². The first-order valence-corrected chi connectivity index (χ1v) is 8.22. The van der Waals surface area contributed by atoms with Gasteiger partial charge in [0.1, 0.15) is 24.7 Å². The molecule has 2 aromatic carbocycles. The summed E-state index contributed by atoms with van der Waals surface area (Å²) < 4.78 is 11.3. The SMILES string of the molecule is CC(C)(C)c1ccc(OCCOc2cccc(C=CC(=O)O)c2)cc1. The summed E-state index contributed by atoms with van der Waals surface area (Å²) in [4.78, 5) is 10.5. The van der Waals surface area contributed by atoms with Crippen molar-refractivity contribution < 1.29 is 19.4 Å². The molecular weight excluding hydrogens is 316 g/mol. The zero-order valence-electron chi connectivity index (χ0n) is 14.9. The molecule has 0 aromatic heterocycles. The van der Waals surface area contributed by atoms with Gasteiger partial charge in [-0.25, -0.2) is 4.79 Å². The van der Waals surface area contributed by atoms with E-state index in [9.17, 15) is 4.79 Å². The summed E-state index contributed by atoms with van der Waals surface area (Å²) >= 11 is 0. The van der Waals surface area contributed by atoms with Gasteiger partial charge < -0.3 is 14.6 Å². The lowest BCUT2D eigenvalue weighted by molar-refractivity contribution is -0.131. The second-order valence-electron chi connectivity index (χ2n) is 6.72. The quantitative estimate of drug-likeness (QED) is 0.594. The van der Waals surface area contributed by atoms with Crippen LogP contribution in [0.25, 0.3) is 6.08 Å². The number of carboxylic acid groups (broad SMARTS) is 1. The Balaban J connectivity index is 1.81. The minimum Gasteiger partial charge on any atom is -0.490 e. The first-order valence-electron chi connectivity index (χ1n) is 8.22. The van der Waals surface area contributed by atoms with E-state index in [-0.39, 0.29) is 5.41 Å². The Labute approximate surface area is 148 Å². The van der Waals surface area contributed by atoms with Crippen LogP contribution in [-0.2, 0) is 10.2 Å². The molecule has 0 saturated carbocycles. The highest BCUT2D eigenvalue weighted by atomic mass is 16.5. The largest absolute Gasteiger partial charge is 0.490 e. The topological polar surface area (TPSA) is 55.8 Å². The number of benzene rings is 2. The Morgan fingerprint density at radius 1 is 1.00 bits per heavy atom. The third-order valence-corrected chi connectivity index (χ3v) is 3.62. The van der Waals surface area contributed by atoms with Gasteiger partial charge in [0.2, 0.25) is 0 Å². The van der Waals surface area contributed by atoms with E-state index in [1.54, 1.807) is 6.07 Å². The Morgan fingerprint density at radius 2 is 1.64 bits per heavy atom. The number of hydrogen-bond donors (Lipinski definition) is 1. The van der Waals surface area contributed by atoms with E-state index in [0.29, 0.717) is 19.0 Å². The van der Waals surface area contributed by atoms with E-state index in [0.717, 1.165) is 17.4 Å². The fraction of sp³-hybridized carbons (Fsp3) is 0.286. The van der Waals surface area contributed by atoms with Crippen molar-refractivity contribution in [2.45, 2.75) is 26.2 Å². The molecule has 0 aliphatic heterocycles. The van der Waals surface area contributed by atoms with Gasteiger partial charge in [0.05, 0.1) is 0 Å². The monoisotopic (exact) mass is 340 g/mol. The van der Waals surface area contributed by atoms with Crippen LogP contribution < -0.4 is 9.47 Å². The summed E-state index contributed by atoms with van der Waals surface area (Å²) in [5, 5.41) is 8.65. The highest BCUT2D eigenvalue weighted by Crippen LogP contribution is 2.24. The maximum absolute atomic E-state index is 10.5. The molecule has 25 heavy (non-hydrogen) atoms. The van der Waals surface area contributed by atoms with Crippen molar-refractivity contribution in [2.24, 2.45) is 0 Å². The third kappa shape index (κ3) is 6.34. The van der Waals surface area contributed by atoms with Crippen LogP contribution in [0.5, 0.6) is 11.5 Å². The second kappa shape index (κ2) is 8.38. The summed E-state index contributed by atoms with van der Waals surface area (Å²) in [6.45, 7) is 7.38. The van der Waals surface area contributed by atoms with E-state index in [1.165, 1.54) is 11.6 Å². The minimum absolute atomic E-state index is 0.127. The average Bonchev–Trinajstić information content (AvgIpc) is 2.57. The Hall–Kier alpha value is -2.75. The highest BCUT2D eigenvalue weighted by molar-refractivity contribution is 5.85. The normalized spacial score (nSPS) is 11.5. The lowest BCUT2D eigenvalue weighted by Gasteiger charge is -2.19. The number of carbonyl (C=O) groups is 1. The molecule has 0 atom stereocenters. The van der Waals surface area contributed by atoms with Gasteiger partial charge in [-0.15, -0.1) is 0 Å². The lowest BCUT2D eigenvalue weighted by atomic mass is 9.87. The highest BCUT2D eigenvalue weighted by Gasteiger charge is 2.12. The maximum atomic E-state index is 10.5. The van der Waals surface area contributed by atoms with Crippen molar-refractivity contribution in [3.63, 3.8) is 0 Å². The van der Waals surface area contributed by atoms with Crippen LogP contribution in [0.1, 0.15) is 31.9 Å². The molecule has 0 aliphatic rings. The van der Waals surface area contributed by atoms with Crippen molar-refractivity contribution >= 4 is 12.0 Å². The third-order valence-electron chi connectivity index (χ3n) is 3.62. The van der Waals surface area contributed by atoms with Crippen molar-refractivity contribution in [1.82, 2.24) is 0 Å². The summed E-state index contributed by atoms with van der Waals surface area (Å²) in [5.41, 5.74) is 2.17. The zero-order chi connectivity index (χ0) is 18.3. The van der Waals surface area contributed by atoms with Crippen LogP contribution in [0, 0.1) is 0 Å². The summed E-state index contributed by atoms with van der Waals surface area (Å²) in [6, 6.07) is 15.4. The van der Waals surface area contributed by atoms with E-state index in [1.807, 2.05) is 30.3 Å². The van der Waals surface area contributed by atoms with Crippen molar-refractivity contribution in [2.75, 3.05) is 13.2 Å². The second-order valence-corrected chi connectivity index (χ2v) is 6.72. The molecular formula is C21H24O4. The summed E-state index contributed by atoms with van der Waals surface area (Å²) in [5.74, 6) is 0.520. The molecule has 0 fully saturated rings. The number of rotatable bonds is 7.